The quantitative estimate of drug-likeness (QED) is 0.424. The number of aliphatic hydroxyl groups excluding tert-OH is 3. The monoisotopic (exact) mass is 185 g/mol. The third-order valence-corrected chi connectivity index (χ3v) is 0. The van der Waals surface area contributed by atoms with Crippen molar-refractivity contribution in [2.24, 2.45) is 0 Å². The molecule has 53 valence electrons. The fourth-order valence-electron chi connectivity index (χ4n) is 0. The van der Waals surface area contributed by atoms with Crippen LogP contribution in [0.4, 0.5) is 0 Å². The van der Waals surface area contributed by atoms with Gasteiger partial charge in [0.2, 0.25) is 0 Å². The van der Waals surface area contributed by atoms with Crippen LogP contribution in [-0.4, -0.2) is 53.2 Å². The topological polar surface area (TPSA) is 60.7 Å². The van der Waals surface area contributed by atoms with Gasteiger partial charge in [-0.2, -0.15) is 0 Å². The molecule has 0 amide bonds. The van der Waals surface area contributed by atoms with E-state index in [0.29, 0.717) is 0 Å². The predicted molar refractivity (Wildman–Crippen MR) is 36.0 cm³/mol. The molecule has 0 rings (SSSR count). The summed E-state index contributed by atoms with van der Waals surface area (Å²) in [6, 6.07) is 0. The molecular formula is C4H15GeO3. The molecule has 0 spiro atoms. The molecule has 3 nitrogen and oxygen atoms in total. The normalized spacial score (nSPS) is 3.00. The molecule has 0 unspecified atom stereocenters. The maximum atomic E-state index is 7.00. The van der Waals surface area contributed by atoms with Crippen LogP contribution in [0.15, 0.2) is 0 Å². The molecule has 0 bridgehead atoms. The minimum absolute atomic E-state index is 1.00. The van der Waals surface area contributed by atoms with Gasteiger partial charge in [-0.25, -0.2) is 0 Å². The van der Waals surface area contributed by atoms with Gasteiger partial charge in [-0.05, 0) is 0 Å². The van der Waals surface area contributed by atoms with Crippen molar-refractivity contribution in [3.05, 3.63) is 0 Å². The van der Waals surface area contributed by atoms with E-state index >= 15 is 0 Å². The zero-order chi connectivity index (χ0) is 8.00. The summed E-state index contributed by atoms with van der Waals surface area (Å²) in [5.74, 6) is 2.00. The molecule has 0 atom stereocenters. The van der Waals surface area contributed by atoms with Gasteiger partial charge in [-0.1, -0.05) is 0 Å². The minimum atomic E-state index is 1.00. The van der Waals surface area contributed by atoms with Crippen LogP contribution in [0.1, 0.15) is 0 Å². The first-order chi connectivity index (χ1) is 4.00. The Hall–Kier alpha value is 0.423. The molecule has 3 radical (unpaired) electrons. The van der Waals surface area contributed by atoms with E-state index in [2.05, 4.69) is 0 Å². The van der Waals surface area contributed by atoms with Crippen LogP contribution in [0.2, 0.25) is 5.76 Å². The van der Waals surface area contributed by atoms with Crippen molar-refractivity contribution in [1.82, 2.24) is 0 Å². The molecule has 0 heterocycles. The third kappa shape index (κ3) is 1060. The van der Waals surface area contributed by atoms with E-state index in [4.69, 9.17) is 15.3 Å². The van der Waals surface area contributed by atoms with E-state index in [9.17, 15) is 0 Å². The second-order valence-corrected chi connectivity index (χ2v) is 0. The average Bonchev–Trinajstić information content (AvgIpc) is 2.03. The first-order valence-corrected chi connectivity index (χ1v) is 3.94. The fraction of sp³-hybridized carbons (Fsp3) is 1.00. The molecule has 0 aromatic heterocycles. The summed E-state index contributed by atoms with van der Waals surface area (Å²) in [6.07, 6.45) is 0. The Morgan fingerprint density at radius 2 is 0.625 bits per heavy atom. The molecule has 0 aliphatic heterocycles. The number of rotatable bonds is 0. The van der Waals surface area contributed by atoms with Gasteiger partial charge in [0.25, 0.3) is 0 Å². The van der Waals surface area contributed by atoms with Gasteiger partial charge in [0.15, 0.2) is 0 Å². The van der Waals surface area contributed by atoms with E-state index in [-0.39, 0.29) is 0 Å². The van der Waals surface area contributed by atoms with Gasteiger partial charge in [-0.15, -0.1) is 0 Å². The Labute approximate surface area is 59.6 Å². The van der Waals surface area contributed by atoms with Crippen LogP contribution in [0.25, 0.3) is 0 Å². The molecule has 0 saturated carbocycles. The molecule has 8 heavy (non-hydrogen) atoms. The van der Waals surface area contributed by atoms with Gasteiger partial charge in [0.1, 0.15) is 0 Å². The van der Waals surface area contributed by atoms with Gasteiger partial charge in [0.05, 0.1) is 0 Å². The van der Waals surface area contributed by atoms with Crippen LogP contribution >= 0.6 is 0 Å². The number of hydrogen-bond acceptors (Lipinski definition) is 3. The van der Waals surface area contributed by atoms with Crippen molar-refractivity contribution in [3.8, 4) is 0 Å². The molecule has 0 aliphatic carbocycles. The number of hydrogen-bond donors (Lipinski definition) is 3. The van der Waals surface area contributed by atoms with Crippen molar-refractivity contribution >= 4 is 16.5 Å². The molecule has 0 aromatic rings. The average molecular weight is 184 g/mol. The van der Waals surface area contributed by atoms with Crippen molar-refractivity contribution in [2.45, 2.75) is 5.76 Å². The summed E-state index contributed by atoms with van der Waals surface area (Å²) in [4.78, 5) is 0. The van der Waals surface area contributed by atoms with E-state index < -0.39 is 0 Å². The predicted octanol–water partition coefficient (Wildman–Crippen LogP) is -0.972. The maximum absolute atomic E-state index is 7.00. The van der Waals surface area contributed by atoms with Gasteiger partial charge >= 0.3 is 22.3 Å². The Morgan fingerprint density at radius 3 is 0.625 bits per heavy atom. The summed E-state index contributed by atoms with van der Waals surface area (Å²) in [6.45, 7) is 0. The van der Waals surface area contributed by atoms with Crippen molar-refractivity contribution in [2.75, 3.05) is 21.3 Å². The molecule has 3 N–H and O–H groups in total. The third-order valence-electron chi connectivity index (χ3n) is 0. The van der Waals surface area contributed by atoms with E-state index in [1.165, 1.54) is 0 Å². The Balaban J connectivity index is -0.0000000133. The zero-order valence-corrected chi connectivity index (χ0v) is 7.94. The Kier molecular flexibility index (Phi) is 5080. The molecule has 4 heteroatoms. The van der Waals surface area contributed by atoms with Crippen LogP contribution < -0.4 is 0 Å². The van der Waals surface area contributed by atoms with E-state index in [1.807, 2.05) is 22.3 Å². The summed E-state index contributed by atoms with van der Waals surface area (Å²) in [7, 11) is 3.00. The summed E-state index contributed by atoms with van der Waals surface area (Å²) < 4.78 is 0. The molecule has 0 fully saturated rings. The van der Waals surface area contributed by atoms with Crippen LogP contribution in [-0.2, 0) is 0 Å². The summed E-state index contributed by atoms with van der Waals surface area (Å²) >= 11 is 2.00. The fourth-order valence-corrected chi connectivity index (χ4v) is 0. The van der Waals surface area contributed by atoms with Crippen LogP contribution in [0.5, 0.6) is 0 Å². The summed E-state index contributed by atoms with van der Waals surface area (Å²) in [5, 5.41) is 21.0. The molecule has 0 aliphatic rings. The summed E-state index contributed by atoms with van der Waals surface area (Å²) in [5.41, 5.74) is 0. The second-order valence-electron chi connectivity index (χ2n) is 0. The van der Waals surface area contributed by atoms with Gasteiger partial charge < -0.3 is 15.3 Å². The van der Waals surface area contributed by atoms with E-state index in [0.717, 1.165) is 21.3 Å². The SMILES string of the molecule is CO.CO.CO.[CH3][Ge]. The van der Waals surface area contributed by atoms with Crippen LogP contribution in [0, 0.1) is 0 Å². The Morgan fingerprint density at radius 1 is 0.625 bits per heavy atom. The van der Waals surface area contributed by atoms with Crippen molar-refractivity contribution < 1.29 is 15.3 Å². The zero-order valence-electron chi connectivity index (χ0n) is 5.84. The Bertz CT molecular complexity index is 11.2. The number of aliphatic hydroxyl groups is 3. The second kappa shape index (κ2) is 1710. The standard InChI is InChI=1S/CH3Ge.3CH4O/c4*1-2/h1H3;3*2H,1H3. The van der Waals surface area contributed by atoms with E-state index in [1.54, 1.807) is 0 Å². The van der Waals surface area contributed by atoms with Crippen LogP contribution in [0.3, 0.4) is 0 Å². The van der Waals surface area contributed by atoms with Gasteiger partial charge in [0, 0.05) is 21.3 Å². The first-order valence-electron chi connectivity index (χ1n) is 1.84. The molecule has 0 aromatic carbocycles. The molecular weight excluding hydrogens is 169 g/mol. The van der Waals surface area contributed by atoms with Crippen molar-refractivity contribution in [3.63, 3.8) is 0 Å². The molecule has 0 saturated heterocycles. The van der Waals surface area contributed by atoms with Crippen molar-refractivity contribution in [1.29, 1.82) is 0 Å². The van der Waals surface area contributed by atoms with Gasteiger partial charge in [-0.3, -0.25) is 0 Å². The first kappa shape index (κ1) is 23.7.